The lowest BCUT2D eigenvalue weighted by atomic mass is 9.90. The molecule has 1 aliphatic carbocycles. The number of esters is 2. The summed E-state index contributed by atoms with van der Waals surface area (Å²) in [4.78, 5) is 65.4. The second-order valence-corrected chi connectivity index (χ2v) is 15.8. The molecule has 0 saturated carbocycles. The summed E-state index contributed by atoms with van der Waals surface area (Å²) in [5.74, 6) is -1.86. The van der Waals surface area contributed by atoms with Crippen LogP contribution in [0.4, 0.5) is 9.59 Å². The SMILES string of the molecule is COC(=O)C1CCCCC(CCN/C(NC(=O)OC(C)(C)C)=C(/C)CC(=O)OC(C)(C)C)C(NC(=O)OCC2c3ccccc3-c3ccccc32)C(=O)N1. The van der Waals surface area contributed by atoms with Crippen LogP contribution in [0.25, 0.3) is 11.1 Å². The van der Waals surface area contributed by atoms with E-state index >= 15 is 0 Å². The Morgan fingerprint density at radius 2 is 1.43 bits per heavy atom. The smallest absolute Gasteiger partial charge is 0.413 e. The molecule has 2 aromatic carbocycles. The molecule has 3 unspecified atom stereocenters. The first-order valence-electron chi connectivity index (χ1n) is 18.6. The lowest BCUT2D eigenvalue weighted by molar-refractivity contribution is -0.154. The van der Waals surface area contributed by atoms with E-state index in [1.807, 2.05) is 36.4 Å². The van der Waals surface area contributed by atoms with Crippen molar-refractivity contribution in [1.29, 1.82) is 0 Å². The fraction of sp³-hybridized carbons (Fsp3) is 0.537. The van der Waals surface area contributed by atoms with Gasteiger partial charge in [-0.3, -0.25) is 14.9 Å². The zero-order chi connectivity index (χ0) is 39.6. The van der Waals surface area contributed by atoms with Gasteiger partial charge in [-0.15, -0.1) is 0 Å². The van der Waals surface area contributed by atoms with E-state index in [1.54, 1.807) is 48.5 Å². The lowest BCUT2D eigenvalue weighted by Gasteiger charge is -2.28. The van der Waals surface area contributed by atoms with Crippen molar-refractivity contribution in [1.82, 2.24) is 21.3 Å². The Bertz CT molecular complexity index is 1660. The van der Waals surface area contributed by atoms with Gasteiger partial charge >= 0.3 is 24.1 Å². The molecule has 13 nitrogen and oxygen atoms in total. The number of benzene rings is 2. The molecule has 294 valence electrons. The van der Waals surface area contributed by atoms with E-state index in [2.05, 4.69) is 33.4 Å². The predicted octanol–water partition coefficient (Wildman–Crippen LogP) is 6.21. The molecule has 2 aliphatic rings. The fourth-order valence-corrected chi connectivity index (χ4v) is 6.82. The number of amides is 3. The van der Waals surface area contributed by atoms with Crippen LogP contribution in [-0.2, 0) is 33.3 Å². The summed E-state index contributed by atoms with van der Waals surface area (Å²) in [6, 6.07) is 14.1. The number of rotatable bonds is 11. The van der Waals surface area contributed by atoms with E-state index in [4.69, 9.17) is 18.9 Å². The number of hydrogen-bond acceptors (Lipinski definition) is 10. The van der Waals surface area contributed by atoms with Crippen LogP contribution < -0.4 is 21.3 Å². The van der Waals surface area contributed by atoms with Crippen LogP contribution >= 0.6 is 0 Å². The number of carbonyl (C=O) groups is 5. The zero-order valence-corrected chi connectivity index (χ0v) is 32.8. The van der Waals surface area contributed by atoms with Crippen molar-refractivity contribution in [3.8, 4) is 11.1 Å². The minimum Gasteiger partial charge on any atom is -0.467 e. The maximum Gasteiger partial charge on any atom is 0.413 e. The van der Waals surface area contributed by atoms with Crippen LogP contribution in [0, 0.1) is 5.92 Å². The molecule has 3 amide bonds. The molecule has 0 aromatic heterocycles. The van der Waals surface area contributed by atoms with E-state index in [1.165, 1.54) is 7.11 Å². The molecule has 2 aromatic rings. The Labute approximate surface area is 318 Å². The Morgan fingerprint density at radius 3 is 2.02 bits per heavy atom. The van der Waals surface area contributed by atoms with E-state index in [9.17, 15) is 24.0 Å². The van der Waals surface area contributed by atoms with Crippen molar-refractivity contribution < 1.29 is 42.9 Å². The average molecular weight is 749 g/mol. The molecule has 1 heterocycles. The summed E-state index contributed by atoms with van der Waals surface area (Å²) in [7, 11) is 1.27. The summed E-state index contributed by atoms with van der Waals surface area (Å²) < 4.78 is 21.7. The molecule has 3 atom stereocenters. The Kier molecular flexibility index (Phi) is 14.1. The van der Waals surface area contributed by atoms with Gasteiger partial charge in [0.1, 0.15) is 35.7 Å². The summed E-state index contributed by atoms with van der Waals surface area (Å²) in [5.41, 5.74) is 3.36. The summed E-state index contributed by atoms with van der Waals surface area (Å²) in [6.45, 7) is 12.6. The third-order valence-electron chi connectivity index (χ3n) is 9.19. The molecule has 0 radical (unpaired) electrons. The van der Waals surface area contributed by atoms with Crippen LogP contribution in [0.3, 0.4) is 0 Å². The molecular weight excluding hydrogens is 692 g/mol. The third kappa shape index (κ3) is 12.0. The van der Waals surface area contributed by atoms with Gasteiger partial charge in [0.25, 0.3) is 0 Å². The number of fused-ring (bicyclic) bond motifs is 3. The van der Waals surface area contributed by atoms with Gasteiger partial charge in [-0.2, -0.15) is 0 Å². The van der Waals surface area contributed by atoms with Crippen molar-refractivity contribution in [3.05, 3.63) is 71.1 Å². The van der Waals surface area contributed by atoms with Gasteiger partial charge in [-0.05, 0) is 101 Å². The maximum absolute atomic E-state index is 13.9. The monoisotopic (exact) mass is 748 g/mol. The maximum atomic E-state index is 13.9. The van der Waals surface area contributed by atoms with Crippen molar-refractivity contribution in [3.63, 3.8) is 0 Å². The zero-order valence-electron chi connectivity index (χ0n) is 32.8. The molecule has 4 N–H and O–H groups in total. The van der Waals surface area contributed by atoms with Crippen molar-refractivity contribution >= 4 is 30.0 Å². The lowest BCUT2D eigenvalue weighted by Crippen LogP contribution is -2.54. The number of ether oxygens (including phenoxy) is 4. The molecule has 1 saturated heterocycles. The number of hydrogen-bond donors (Lipinski definition) is 4. The van der Waals surface area contributed by atoms with Gasteiger partial charge in [0, 0.05) is 12.5 Å². The van der Waals surface area contributed by atoms with E-state index in [0.717, 1.165) is 22.3 Å². The van der Waals surface area contributed by atoms with Crippen LogP contribution in [0.5, 0.6) is 0 Å². The number of alkyl carbamates (subject to hydrolysis) is 2. The highest BCUT2D eigenvalue weighted by Crippen LogP contribution is 2.44. The first-order chi connectivity index (χ1) is 25.5. The van der Waals surface area contributed by atoms with Crippen LogP contribution in [-0.4, -0.2) is 73.6 Å². The standard InChI is InChI=1S/C41H56N4O9/c1-25(23-33(46)53-40(2,3)4)35(45-39(50)54-41(5,6)7)42-22-21-26-15-9-14-20-32(37(48)51-8)43-36(47)34(26)44-38(49)52-24-31-29-18-12-10-16-27(29)28-17-11-13-19-30(28)31/h10-13,16-19,26,31-32,34,42H,9,14-15,20-24H2,1-8H3,(H,43,47)(H,44,49)(H,45,50)/b35-25+. The van der Waals surface area contributed by atoms with Gasteiger partial charge in [-0.25, -0.2) is 14.4 Å². The Balaban J connectivity index is 1.52. The van der Waals surface area contributed by atoms with Crippen molar-refractivity contribution in [2.45, 2.75) is 116 Å². The van der Waals surface area contributed by atoms with Crippen LogP contribution in [0.15, 0.2) is 59.9 Å². The quantitative estimate of drug-likeness (QED) is 0.153. The molecule has 54 heavy (non-hydrogen) atoms. The summed E-state index contributed by atoms with van der Waals surface area (Å²) >= 11 is 0. The number of carbonyl (C=O) groups excluding carboxylic acids is 5. The minimum absolute atomic E-state index is 0.0621. The van der Waals surface area contributed by atoms with Crippen LogP contribution in [0.1, 0.15) is 104 Å². The van der Waals surface area contributed by atoms with E-state index in [-0.39, 0.29) is 31.3 Å². The minimum atomic E-state index is -1.05. The van der Waals surface area contributed by atoms with Crippen molar-refractivity contribution in [2.75, 3.05) is 20.3 Å². The Hall–Kier alpha value is -5.07. The van der Waals surface area contributed by atoms with E-state index < -0.39 is 59.2 Å². The van der Waals surface area contributed by atoms with Crippen molar-refractivity contribution in [2.24, 2.45) is 5.92 Å². The summed E-state index contributed by atoms with van der Waals surface area (Å²) in [6.07, 6.45) is 1.05. The molecule has 1 aliphatic heterocycles. The molecule has 0 bridgehead atoms. The van der Waals surface area contributed by atoms with Gasteiger partial charge in [-0.1, -0.05) is 61.4 Å². The normalized spacial score (nSPS) is 19.3. The third-order valence-corrected chi connectivity index (χ3v) is 9.19. The van der Waals surface area contributed by atoms with Gasteiger partial charge < -0.3 is 34.9 Å². The van der Waals surface area contributed by atoms with E-state index in [0.29, 0.717) is 37.7 Å². The molecular formula is C41H56N4O9. The number of methoxy groups -OCH3 is 1. The van der Waals surface area contributed by atoms with Gasteiger partial charge in [0.15, 0.2) is 0 Å². The highest BCUT2D eigenvalue weighted by atomic mass is 16.6. The number of nitrogens with one attached hydrogen (secondary N) is 4. The first kappa shape index (κ1) is 41.7. The molecule has 1 fully saturated rings. The second-order valence-electron chi connectivity index (χ2n) is 15.8. The molecule has 0 spiro atoms. The molecule has 4 rings (SSSR count). The average Bonchev–Trinajstić information content (AvgIpc) is 3.43. The second kappa shape index (κ2) is 18.3. The first-order valence-corrected chi connectivity index (χ1v) is 18.6. The Morgan fingerprint density at radius 1 is 0.833 bits per heavy atom. The van der Waals surface area contributed by atoms with Gasteiger partial charge in [0.2, 0.25) is 5.91 Å². The summed E-state index contributed by atoms with van der Waals surface area (Å²) in [5, 5.41) is 11.5. The van der Waals surface area contributed by atoms with Crippen LogP contribution in [0.2, 0.25) is 0 Å². The highest BCUT2D eigenvalue weighted by molar-refractivity contribution is 5.90. The topological polar surface area (TPSA) is 170 Å². The predicted molar refractivity (Wildman–Crippen MR) is 203 cm³/mol. The van der Waals surface area contributed by atoms with Gasteiger partial charge in [0.05, 0.1) is 13.5 Å². The highest BCUT2D eigenvalue weighted by Gasteiger charge is 2.35. The fourth-order valence-electron chi connectivity index (χ4n) is 6.82. The largest absolute Gasteiger partial charge is 0.467 e. The molecule has 13 heteroatoms.